The molecule has 0 amide bonds. The van der Waals surface area contributed by atoms with Crippen LogP contribution >= 0.6 is 0 Å². The van der Waals surface area contributed by atoms with Crippen LogP contribution < -0.4 is 19.3 Å². The van der Waals surface area contributed by atoms with E-state index in [0.717, 1.165) is 42.2 Å². The summed E-state index contributed by atoms with van der Waals surface area (Å²) in [4.78, 5) is 4.16. The second-order valence-corrected chi connectivity index (χ2v) is 7.21. The fourth-order valence-corrected chi connectivity index (χ4v) is 3.65. The fraction of sp³-hybridized carbons (Fsp3) is 0.429. The number of β-amino-alcohol motifs (C(OH)–C–C–N with tert-alkyl or cyclic N) is 1. The molecule has 2 aliphatic rings. The van der Waals surface area contributed by atoms with Gasteiger partial charge in [-0.2, -0.15) is 0 Å². The average Bonchev–Trinajstić information content (AvgIpc) is 3.09. The number of aliphatic hydroxyl groups excluding tert-OH is 1. The minimum absolute atomic E-state index is 0.200. The van der Waals surface area contributed by atoms with Crippen molar-refractivity contribution in [1.82, 2.24) is 0 Å². The quantitative estimate of drug-likeness (QED) is 0.821. The monoisotopic (exact) mass is 388 g/mol. The van der Waals surface area contributed by atoms with Crippen molar-refractivity contribution in [3.8, 4) is 11.5 Å². The topological polar surface area (TPSA) is 54.4 Å². The van der Waals surface area contributed by atoms with Gasteiger partial charge in [-0.15, -0.1) is 0 Å². The van der Waals surface area contributed by atoms with Gasteiger partial charge in [-0.25, -0.2) is 4.39 Å². The zero-order valence-electron chi connectivity index (χ0n) is 15.9. The van der Waals surface area contributed by atoms with E-state index in [4.69, 9.17) is 14.2 Å². The van der Waals surface area contributed by atoms with Gasteiger partial charge in [0.15, 0.2) is 11.5 Å². The highest BCUT2D eigenvalue weighted by Gasteiger charge is 2.21. The molecule has 0 radical (unpaired) electrons. The molecule has 150 valence electrons. The zero-order chi connectivity index (χ0) is 19.5. The van der Waals surface area contributed by atoms with Crippen molar-refractivity contribution in [1.29, 1.82) is 0 Å². The van der Waals surface area contributed by atoms with Crippen molar-refractivity contribution >= 4 is 11.4 Å². The van der Waals surface area contributed by atoms with Crippen molar-refractivity contribution in [2.45, 2.75) is 19.1 Å². The van der Waals surface area contributed by atoms with E-state index in [1.54, 1.807) is 6.07 Å². The highest BCUT2D eigenvalue weighted by molar-refractivity contribution is 5.72. The molecule has 2 aromatic carbocycles. The largest absolute Gasteiger partial charge is 0.454 e. The SMILES string of the molecule is CN1CCCN(C[C@H](O)COCc2ccc3c(c2)OCO3)c2cc(F)ccc21. The van der Waals surface area contributed by atoms with Crippen LogP contribution in [0, 0.1) is 5.82 Å². The molecular formula is C21H25FN2O4. The van der Waals surface area contributed by atoms with Crippen molar-refractivity contribution in [3.63, 3.8) is 0 Å². The molecule has 0 bridgehead atoms. The highest BCUT2D eigenvalue weighted by atomic mass is 19.1. The number of hydrogen-bond acceptors (Lipinski definition) is 6. The third-order valence-corrected chi connectivity index (χ3v) is 5.06. The van der Waals surface area contributed by atoms with Crippen LogP contribution in [0.5, 0.6) is 11.5 Å². The Morgan fingerprint density at radius 3 is 2.86 bits per heavy atom. The average molecular weight is 388 g/mol. The Hall–Kier alpha value is -2.51. The van der Waals surface area contributed by atoms with Gasteiger partial charge in [-0.3, -0.25) is 0 Å². The number of ether oxygens (including phenoxy) is 3. The molecule has 7 heteroatoms. The summed E-state index contributed by atoms with van der Waals surface area (Å²) in [6.07, 6.45) is 0.269. The van der Waals surface area contributed by atoms with Gasteiger partial charge in [0.05, 0.1) is 30.7 Å². The summed E-state index contributed by atoms with van der Waals surface area (Å²) in [6.45, 7) is 2.87. The second-order valence-electron chi connectivity index (χ2n) is 7.21. The first-order valence-electron chi connectivity index (χ1n) is 9.50. The first-order chi connectivity index (χ1) is 13.6. The summed E-state index contributed by atoms with van der Waals surface area (Å²) >= 11 is 0. The van der Waals surface area contributed by atoms with E-state index in [0.29, 0.717) is 18.9 Å². The maximum Gasteiger partial charge on any atom is 0.231 e. The lowest BCUT2D eigenvalue weighted by atomic mass is 10.2. The number of rotatable bonds is 6. The van der Waals surface area contributed by atoms with E-state index >= 15 is 0 Å². The highest BCUT2D eigenvalue weighted by Crippen LogP contribution is 2.33. The van der Waals surface area contributed by atoms with Crippen LogP contribution in [0.2, 0.25) is 0 Å². The van der Waals surface area contributed by atoms with Crippen molar-refractivity contribution < 1.29 is 23.7 Å². The number of benzene rings is 2. The first-order valence-corrected chi connectivity index (χ1v) is 9.50. The van der Waals surface area contributed by atoms with Crippen molar-refractivity contribution in [3.05, 3.63) is 47.8 Å². The summed E-state index contributed by atoms with van der Waals surface area (Å²) in [5.41, 5.74) is 2.75. The molecule has 0 spiro atoms. The lowest BCUT2D eigenvalue weighted by Crippen LogP contribution is -2.35. The van der Waals surface area contributed by atoms with Crippen LogP contribution in [0.1, 0.15) is 12.0 Å². The Morgan fingerprint density at radius 2 is 1.96 bits per heavy atom. The molecule has 2 aromatic rings. The van der Waals surface area contributed by atoms with Gasteiger partial charge in [-0.1, -0.05) is 6.07 Å². The second kappa shape index (κ2) is 8.24. The normalized spacial score (nSPS) is 16.7. The van der Waals surface area contributed by atoms with Gasteiger partial charge in [0.2, 0.25) is 6.79 Å². The molecule has 0 unspecified atom stereocenters. The number of fused-ring (bicyclic) bond motifs is 2. The number of nitrogens with zero attached hydrogens (tertiary/aromatic N) is 2. The lowest BCUT2D eigenvalue weighted by Gasteiger charge is -2.28. The van der Waals surface area contributed by atoms with E-state index in [1.807, 2.05) is 30.1 Å². The van der Waals surface area contributed by atoms with Crippen LogP contribution in [0.4, 0.5) is 15.8 Å². The predicted molar refractivity (Wildman–Crippen MR) is 105 cm³/mol. The first kappa shape index (κ1) is 18.8. The zero-order valence-corrected chi connectivity index (χ0v) is 15.9. The summed E-state index contributed by atoms with van der Waals surface area (Å²) in [7, 11) is 2.01. The van der Waals surface area contributed by atoms with Gasteiger partial charge in [-0.05, 0) is 42.3 Å². The summed E-state index contributed by atoms with van der Waals surface area (Å²) in [6, 6.07) is 10.5. The summed E-state index contributed by atoms with van der Waals surface area (Å²) in [5.74, 6) is 1.18. The minimum atomic E-state index is -0.673. The Balaban J connectivity index is 1.34. The molecule has 1 atom stereocenters. The molecule has 0 aromatic heterocycles. The van der Waals surface area contributed by atoms with Crippen LogP contribution in [-0.2, 0) is 11.3 Å². The van der Waals surface area contributed by atoms with E-state index in [9.17, 15) is 9.50 Å². The van der Waals surface area contributed by atoms with E-state index < -0.39 is 6.10 Å². The Morgan fingerprint density at radius 1 is 1.11 bits per heavy atom. The molecule has 6 nitrogen and oxygen atoms in total. The van der Waals surface area contributed by atoms with Crippen molar-refractivity contribution in [2.24, 2.45) is 0 Å². The fourth-order valence-electron chi connectivity index (χ4n) is 3.65. The van der Waals surface area contributed by atoms with E-state index in [1.165, 1.54) is 12.1 Å². The molecule has 28 heavy (non-hydrogen) atoms. The molecule has 4 rings (SSSR count). The Kier molecular flexibility index (Phi) is 5.54. The van der Waals surface area contributed by atoms with Crippen LogP contribution in [-0.4, -0.2) is 51.3 Å². The van der Waals surface area contributed by atoms with Crippen molar-refractivity contribution in [2.75, 3.05) is 49.9 Å². The van der Waals surface area contributed by atoms with Gasteiger partial charge in [0.25, 0.3) is 0 Å². The number of halogens is 1. The van der Waals surface area contributed by atoms with Gasteiger partial charge in [0.1, 0.15) is 5.82 Å². The molecule has 2 heterocycles. The van der Waals surface area contributed by atoms with E-state index in [-0.39, 0.29) is 19.2 Å². The van der Waals surface area contributed by atoms with Crippen LogP contribution in [0.15, 0.2) is 36.4 Å². The maximum absolute atomic E-state index is 13.8. The van der Waals surface area contributed by atoms with Crippen LogP contribution in [0.3, 0.4) is 0 Å². The molecular weight excluding hydrogens is 363 g/mol. The number of hydrogen-bond donors (Lipinski definition) is 1. The van der Waals surface area contributed by atoms with Gasteiger partial charge in [0, 0.05) is 26.7 Å². The Labute approximate surface area is 164 Å². The maximum atomic E-state index is 13.8. The summed E-state index contributed by atoms with van der Waals surface area (Å²) < 4.78 is 30.1. The lowest BCUT2D eigenvalue weighted by molar-refractivity contribution is 0.0319. The van der Waals surface area contributed by atoms with E-state index in [2.05, 4.69) is 4.90 Å². The minimum Gasteiger partial charge on any atom is -0.454 e. The number of anilines is 2. The number of aliphatic hydroxyl groups is 1. The molecule has 2 aliphatic heterocycles. The summed E-state index contributed by atoms with van der Waals surface area (Å²) in [5, 5.41) is 10.5. The predicted octanol–water partition coefficient (Wildman–Crippen LogP) is 2.78. The molecule has 0 saturated carbocycles. The Bertz CT molecular complexity index is 832. The smallest absolute Gasteiger partial charge is 0.231 e. The molecule has 0 aliphatic carbocycles. The van der Waals surface area contributed by atoms with Crippen LogP contribution in [0.25, 0.3) is 0 Å². The standard InChI is InChI=1S/C21H25FN2O4/c1-23-7-2-8-24(19-10-16(22)4-5-18(19)23)11-17(25)13-26-12-15-3-6-20-21(9-15)28-14-27-20/h3-6,9-10,17,25H,2,7-8,11-14H2,1H3/t17-/m0/s1. The molecule has 1 N–H and O–H groups in total. The molecule has 0 fully saturated rings. The third kappa shape index (κ3) is 4.15. The van der Waals surface area contributed by atoms with Gasteiger partial charge >= 0.3 is 0 Å². The molecule has 0 saturated heterocycles. The third-order valence-electron chi connectivity index (χ3n) is 5.06. The van der Waals surface area contributed by atoms with Gasteiger partial charge < -0.3 is 29.1 Å².